The van der Waals surface area contributed by atoms with Gasteiger partial charge in [0.1, 0.15) is 10.8 Å². The lowest BCUT2D eigenvalue weighted by molar-refractivity contribution is 0.756. The van der Waals surface area contributed by atoms with Crippen molar-refractivity contribution in [3.05, 3.63) is 144 Å². The summed E-state index contributed by atoms with van der Waals surface area (Å²) in [5, 5.41) is 9.43. The molecule has 364 valence electrons. The highest BCUT2D eigenvalue weighted by molar-refractivity contribution is 7.11. The van der Waals surface area contributed by atoms with Crippen LogP contribution >= 0.6 is 34.2 Å². The van der Waals surface area contributed by atoms with E-state index in [2.05, 4.69) is 89.6 Å². The Morgan fingerprint density at radius 3 is 1.25 bits per heavy atom. The average molecular weight is 942 g/mol. The van der Waals surface area contributed by atoms with Crippen molar-refractivity contribution >= 4 is 34.2 Å². The van der Waals surface area contributed by atoms with Crippen LogP contribution < -0.4 is 0 Å². The molecule has 0 atom stereocenters. The number of thiazole rings is 2. The lowest BCUT2D eigenvalue weighted by Gasteiger charge is -1.92. The number of hydrogen-bond acceptors (Lipinski definition) is 12. The maximum Gasteiger partial charge on any atom is 0.145 e. The Balaban J connectivity index is -0.000000115. The van der Waals surface area contributed by atoms with E-state index in [1.807, 2.05) is 161 Å². The lowest BCUT2D eigenvalue weighted by Crippen LogP contribution is -1.88. The summed E-state index contributed by atoms with van der Waals surface area (Å²) in [7, 11) is 1.91. The van der Waals surface area contributed by atoms with Gasteiger partial charge in [-0.05, 0) is 130 Å². The lowest BCUT2D eigenvalue weighted by atomic mass is 10.2. The van der Waals surface area contributed by atoms with Gasteiger partial charge in [-0.2, -0.15) is 9.47 Å². The van der Waals surface area contributed by atoms with E-state index in [1.165, 1.54) is 27.5 Å². The minimum Gasteiger partial charge on any atom is -0.276 e. The van der Waals surface area contributed by atoms with Crippen LogP contribution in [-0.2, 0) is 7.05 Å². The van der Waals surface area contributed by atoms with Crippen LogP contribution in [0.5, 0.6) is 0 Å². The Labute approximate surface area is 406 Å². The summed E-state index contributed by atoms with van der Waals surface area (Å²) < 4.78 is 5.93. The average Bonchev–Trinajstić information content (AvgIpc) is 4.04. The number of aromatic nitrogens is 10. The van der Waals surface area contributed by atoms with E-state index in [-0.39, 0.29) is 29.7 Å². The van der Waals surface area contributed by atoms with Crippen molar-refractivity contribution in [2.24, 2.45) is 7.05 Å². The molecular formula is C51H92N10S3. The van der Waals surface area contributed by atoms with Crippen molar-refractivity contribution in [3.63, 3.8) is 0 Å². The Morgan fingerprint density at radius 1 is 0.500 bits per heavy atom. The molecule has 64 heavy (non-hydrogen) atoms. The second-order valence-electron chi connectivity index (χ2n) is 12.7. The fourth-order valence-corrected chi connectivity index (χ4v) is 5.58. The highest BCUT2D eigenvalue weighted by Crippen LogP contribution is 2.12. The van der Waals surface area contributed by atoms with Crippen molar-refractivity contribution in [1.82, 2.24) is 49.0 Å². The first-order valence-corrected chi connectivity index (χ1v) is 23.0. The summed E-state index contributed by atoms with van der Waals surface area (Å²) in [6, 6.07) is 10.1. The monoisotopic (exact) mass is 941 g/mol. The maximum atomic E-state index is 4.22. The third-order valence-corrected chi connectivity index (χ3v) is 8.75. The molecule has 10 nitrogen and oxygen atoms in total. The van der Waals surface area contributed by atoms with Crippen molar-refractivity contribution < 1.29 is 0 Å². The molecule has 0 aliphatic carbocycles. The van der Waals surface area contributed by atoms with Crippen molar-refractivity contribution in [3.8, 4) is 0 Å². The smallest absolute Gasteiger partial charge is 0.145 e. The van der Waals surface area contributed by atoms with Gasteiger partial charge in [0.2, 0.25) is 0 Å². The van der Waals surface area contributed by atoms with E-state index >= 15 is 0 Å². The van der Waals surface area contributed by atoms with Crippen LogP contribution in [0.25, 0.3) is 0 Å². The van der Waals surface area contributed by atoms with Crippen LogP contribution in [0, 0.1) is 83.1 Å². The molecule has 7 heterocycles. The van der Waals surface area contributed by atoms with Gasteiger partial charge in [0, 0.05) is 77.5 Å². The Bertz CT molecular complexity index is 1750. The van der Waals surface area contributed by atoms with E-state index in [0.29, 0.717) is 5.92 Å². The van der Waals surface area contributed by atoms with Gasteiger partial charge in [0.15, 0.2) is 0 Å². The van der Waals surface area contributed by atoms with Crippen molar-refractivity contribution in [2.75, 3.05) is 0 Å². The molecule has 0 aromatic carbocycles. The van der Waals surface area contributed by atoms with Gasteiger partial charge in [0.25, 0.3) is 0 Å². The highest BCUT2D eigenvalue weighted by Gasteiger charge is 2.03. The molecule has 0 radical (unpaired) electrons. The van der Waals surface area contributed by atoms with Crippen LogP contribution in [0.2, 0.25) is 0 Å². The molecule has 0 bridgehead atoms. The van der Waals surface area contributed by atoms with Crippen LogP contribution in [0.1, 0.15) is 162 Å². The summed E-state index contributed by atoms with van der Waals surface area (Å²) in [5.74, 6) is 1.44. The van der Waals surface area contributed by atoms with Gasteiger partial charge < -0.3 is 0 Å². The topological polar surface area (TPSA) is 121 Å². The summed E-state index contributed by atoms with van der Waals surface area (Å²) in [6.07, 6.45) is 11.0. The summed E-state index contributed by atoms with van der Waals surface area (Å²) >= 11 is 4.90. The zero-order valence-electron chi connectivity index (χ0n) is 40.7. The molecule has 0 amide bonds. The number of nitrogens with zero attached hydrogens (tertiary/aromatic N) is 10. The van der Waals surface area contributed by atoms with Crippen LogP contribution in [0.3, 0.4) is 0 Å². The Hall–Kier alpha value is -4.59. The standard InChI is InChI=1S/2C7H9N.C6H10N2S.C6H8N2.C5H8N2.2C5H7NS.3C2H6.4CH4/c1-6-3-4-8-7(2)5-6;1-6-3-4-7(2)8-5-6;1-4(2)6-7-5(3)9-8-6;1-5-3-8-6(2)4-7-5;1-5-3-4-7(2)6-5;1-4-3-7-5(2)6-4;1-4-3-6-5(2)7-4;3*1-2;;;;/h2*3-5H,1-2H3;4H,1-3H3;3-4H,1-2H3;3-4H,1-2H3;2*3H,1-2H3;3*1-2H3;4*1H4. The Kier molecular flexibility index (Phi) is 53.5. The SMILES string of the molecule is C.C.C.C.CC.CC.CC.Cc1ccc(C)nc1.Cc1ccn(C)n1.Cc1ccnc(C)c1.Cc1cnc(C)cn1.Cc1cnc(C)s1.Cc1csc(C)n1.Cc1nc(C(C)C)ns1. The molecule has 0 spiro atoms. The van der Waals surface area contributed by atoms with E-state index in [9.17, 15) is 0 Å². The molecule has 7 aromatic rings. The number of pyridine rings is 2. The molecular weight excluding hydrogens is 849 g/mol. The zero-order valence-corrected chi connectivity index (χ0v) is 43.2. The first-order valence-electron chi connectivity index (χ1n) is 20.5. The zero-order chi connectivity index (χ0) is 46.6. The largest absolute Gasteiger partial charge is 0.276 e. The normalized spacial score (nSPS) is 8.34. The van der Waals surface area contributed by atoms with Gasteiger partial charge in [-0.25, -0.2) is 15.0 Å². The Morgan fingerprint density at radius 2 is 1.05 bits per heavy atom. The molecule has 7 rings (SSSR count). The van der Waals surface area contributed by atoms with Gasteiger partial charge in [-0.15, -0.1) is 22.7 Å². The minimum atomic E-state index is 0. The van der Waals surface area contributed by atoms with E-state index in [4.69, 9.17) is 0 Å². The molecule has 7 aromatic heterocycles. The van der Waals surface area contributed by atoms with E-state index in [1.54, 1.807) is 39.7 Å². The second kappa shape index (κ2) is 46.4. The van der Waals surface area contributed by atoms with Crippen LogP contribution in [0.4, 0.5) is 0 Å². The van der Waals surface area contributed by atoms with Gasteiger partial charge >= 0.3 is 0 Å². The first-order chi connectivity index (χ1) is 28.4. The molecule has 0 fully saturated rings. The second-order valence-corrected chi connectivity index (χ2v) is 16.2. The summed E-state index contributed by atoms with van der Waals surface area (Å²) in [4.78, 5) is 29.8. The third kappa shape index (κ3) is 42.7. The number of hydrogen-bond donors (Lipinski definition) is 0. The van der Waals surface area contributed by atoms with Crippen LogP contribution in [-0.4, -0.2) is 49.0 Å². The molecule has 0 aliphatic rings. The van der Waals surface area contributed by atoms with Gasteiger partial charge in [-0.1, -0.05) is 91.2 Å². The summed E-state index contributed by atoms with van der Waals surface area (Å²) in [5.41, 5.74) is 8.80. The molecule has 13 heteroatoms. The van der Waals surface area contributed by atoms with Crippen molar-refractivity contribution in [2.45, 2.75) is 174 Å². The predicted octanol–water partition coefficient (Wildman–Crippen LogP) is 16.3. The number of aryl methyl sites for hydroxylation is 13. The molecule has 0 unspecified atom stereocenters. The van der Waals surface area contributed by atoms with E-state index < -0.39 is 0 Å². The fraction of sp³-hybridized carbons (Fsp3) is 0.510. The van der Waals surface area contributed by atoms with Gasteiger partial charge in [0.05, 0.1) is 27.1 Å². The number of rotatable bonds is 1. The first kappa shape index (κ1) is 73.8. The fourth-order valence-electron chi connectivity index (χ4n) is 3.71. The van der Waals surface area contributed by atoms with Crippen LogP contribution in [0.15, 0.2) is 72.9 Å². The molecule has 0 saturated carbocycles. The third-order valence-electron chi connectivity index (χ3n) is 6.40. The van der Waals surface area contributed by atoms with Gasteiger partial charge in [-0.3, -0.25) is 24.6 Å². The minimum absolute atomic E-state index is 0. The molecule has 0 aliphatic heterocycles. The summed E-state index contributed by atoms with van der Waals surface area (Å²) in [6.45, 7) is 40.2. The predicted molar refractivity (Wildman–Crippen MR) is 290 cm³/mol. The van der Waals surface area contributed by atoms with E-state index in [0.717, 1.165) is 55.0 Å². The van der Waals surface area contributed by atoms with Crippen molar-refractivity contribution in [1.29, 1.82) is 0 Å². The highest BCUT2D eigenvalue weighted by atomic mass is 32.1. The molecule has 0 saturated heterocycles. The quantitative estimate of drug-likeness (QED) is 0.158. The maximum absolute atomic E-state index is 4.22. The molecule has 0 N–H and O–H groups in total.